The topological polar surface area (TPSA) is 83.5 Å². The van der Waals surface area contributed by atoms with Gasteiger partial charge in [-0.1, -0.05) is 29.8 Å². The predicted octanol–water partition coefficient (Wildman–Crippen LogP) is 2.79. The number of rotatable bonds is 5. The standard InChI is InChI=1S/C14H15NO4S2/c1-9-4-3-5-11(6-9)10(2)15-21(18,19)13-7-12(8-20-13)14(16)17/h3-8,10,15H,1-2H3,(H,16,17)/t10-/m0/s1. The monoisotopic (exact) mass is 325 g/mol. The molecule has 0 fully saturated rings. The first-order valence-electron chi connectivity index (χ1n) is 6.20. The van der Waals surface area contributed by atoms with Gasteiger partial charge in [0.1, 0.15) is 4.21 Å². The van der Waals surface area contributed by atoms with Gasteiger partial charge in [-0.2, -0.15) is 0 Å². The largest absolute Gasteiger partial charge is 0.478 e. The Morgan fingerprint density at radius 2 is 2.05 bits per heavy atom. The highest BCUT2D eigenvalue weighted by atomic mass is 32.2. The second kappa shape index (κ2) is 5.97. The van der Waals surface area contributed by atoms with E-state index in [-0.39, 0.29) is 9.77 Å². The number of hydrogen-bond donors (Lipinski definition) is 2. The zero-order valence-corrected chi connectivity index (χ0v) is 13.2. The van der Waals surface area contributed by atoms with Crippen molar-refractivity contribution in [3.8, 4) is 0 Å². The molecule has 1 atom stereocenters. The van der Waals surface area contributed by atoms with E-state index in [1.54, 1.807) is 6.92 Å². The molecule has 0 saturated heterocycles. The van der Waals surface area contributed by atoms with E-state index in [0.717, 1.165) is 28.5 Å². The molecule has 0 aliphatic rings. The number of aromatic carboxylic acids is 1. The summed E-state index contributed by atoms with van der Waals surface area (Å²) >= 11 is 0.894. The first-order chi connectivity index (χ1) is 9.79. The molecule has 2 rings (SSSR count). The average Bonchev–Trinajstić information content (AvgIpc) is 2.88. The second-order valence-corrected chi connectivity index (χ2v) is 7.57. The van der Waals surface area contributed by atoms with E-state index in [0.29, 0.717) is 0 Å². The maximum Gasteiger partial charge on any atom is 0.336 e. The van der Waals surface area contributed by atoms with Crippen molar-refractivity contribution in [1.82, 2.24) is 4.72 Å². The Bertz CT molecular complexity index is 765. The summed E-state index contributed by atoms with van der Waals surface area (Å²) in [6.07, 6.45) is 0. The fourth-order valence-corrected chi connectivity index (χ4v) is 4.27. The smallest absolute Gasteiger partial charge is 0.336 e. The molecular formula is C14H15NO4S2. The normalized spacial score (nSPS) is 13.0. The van der Waals surface area contributed by atoms with Crippen molar-refractivity contribution in [3.63, 3.8) is 0 Å². The number of carbonyl (C=O) groups is 1. The number of aryl methyl sites for hydroxylation is 1. The van der Waals surface area contributed by atoms with Crippen LogP contribution in [-0.4, -0.2) is 19.5 Å². The number of hydrogen-bond acceptors (Lipinski definition) is 4. The van der Waals surface area contributed by atoms with Crippen molar-refractivity contribution in [2.75, 3.05) is 0 Å². The van der Waals surface area contributed by atoms with Crippen LogP contribution in [0.25, 0.3) is 0 Å². The van der Waals surface area contributed by atoms with Crippen LogP contribution in [0.2, 0.25) is 0 Å². The van der Waals surface area contributed by atoms with E-state index in [1.807, 2.05) is 31.2 Å². The summed E-state index contributed by atoms with van der Waals surface area (Å²) in [6, 6.07) is 8.32. The van der Waals surface area contributed by atoms with Gasteiger partial charge in [-0.25, -0.2) is 17.9 Å². The SMILES string of the molecule is Cc1cccc([C@H](C)NS(=O)(=O)c2cc(C(=O)O)cs2)c1. The first kappa shape index (κ1) is 15.7. The van der Waals surface area contributed by atoms with Crippen molar-refractivity contribution in [2.45, 2.75) is 24.1 Å². The Hall–Kier alpha value is -1.70. The molecule has 5 nitrogen and oxygen atoms in total. The molecular weight excluding hydrogens is 310 g/mol. The number of benzene rings is 1. The van der Waals surface area contributed by atoms with Crippen molar-refractivity contribution in [3.05, 3.63) is 52.4 Å². The molecule has 1 heterocycles. The molecule has 0 aliphatic carbocycles. The van der Waals surface area contributed by atoms with E-state index < -0.39 is 22.0 Å². The highest BCUT2D eigenvalue weighted by Crippen LogP contribution is 2.23. The highest BCUT2D eigenvalue weighted by molar-refractivity contribution is 7.91. The third-order valence-corrected chi connectivity index (χ3v) is 5.94. The van der Waals surface area contributed by atoms with Crippen LogP contribution < -0.4 is 4.72 Å². The van der Waals surface area contributed by atoms with Crippen molar-refractivity contribution < 1.29 is 18.3 Å². The van der Waals surface area contributed by atoms with Gasteiger partial charge in [-0.05, 0) is 25.5 Å². The van der Waals surface area contributed by atoms with Gasteiger partial charge < -0.3 is 5.11 Å². The first-order valence-corrected chi connectivity index (χ1v) is 8.56. The molecule has 0 aliphatic heterocycles. The Balaban J connectivity index is 2.22. The van der Waals surface area contributed by atoms with E-state index in [9.17, 15) is 13.2 Å². The van der Waals surface area contributed by atoms with Gasteiger partial charge in [0.15, 0.2) is 0 Å². The molecule has 7 heteroatoms. The third-order valence-electron chi connectivity index (χ3n) is 2.96. The average molecular weight is 325 g/mol. The van der Waals surface area contributed by atoms with Gasteiger partial charge >= 0.3 is 5.97 Å². The quantitative estimate of drug-likeness (QED) is 0.885. The summed E-state index contributed by atoms with van der Waals surface area (Å²) in [5, 5.41) is 10.2. The molecule has 0 amide bonds. The maximum atomic E-state index is 12.2. The van der Waals surface area contributed by atoms with Crippen LogP contribution in [0, 0.1) is 6.92 Å². The fourth-order valence-electron chi connectivity index (χ4n) is 1.87. The van der Waals surface area contributed by atoms with Gasteiger partial charge in [0.2, 0.25) is 0 Å². The van der Waals surface area contributed by atoms with E-state index in [1.165, 1.54) is 5.38 Å². The van der Waals surface area contributed by atoms with Gasteiger partial charge in [0, 0.05) is 11.4 Å². The molecule has 2 N–H and O–H groups in total. The lowest BCUT2D eigenvalue weighted by Gasteiger charge is -2.14. The minimum Gasteiger partial charge on any atom is -0.478 e. The minimum absolute atomic E-state index is 0.000553. The zero-order chi connectivity index (χ0) is 15.6. The summed E-state index contributed by atoms with van der Waals surface area (Å²) < 4.78 is 27.0. The minimum atomic E-state index is -3.73. The zero-order valence-electron chi connectivity index (χ0n) is 11.5. The third kappa shape index (κ3) is 3.69. The molecule has 0 bridgehead atoms. The molecule has 112 valence electrons. The number of carboxylic acids is 1. The number of thiophene rings is 1. The lowest BCUT2D eigenvalue weighted by Crippen LogP contribution is -2.26. The lowest BCUT2D eigenvalue weighted by atomic mass is 10.1. The number of carboxylic acid groups (broad SMARTS) is 1. The van der Waals surface area contributed by atoms with Crippen molar-refractivity contribution >= 4 is 27.3 Å². The summed E-state index contributed by atoms with van der Waals surface area (Å²) in [4.78, 5) is 10.8. The molecule has 1 aromatic carbocycles. The summed E-state index contributed by atoms with van der Waals surface area (Å²) in [6.45, 7) is 3.68. The Morgan fingerprint density at radius 3 is 2.62 bits per heavy atom. The van der Waals surface area contributed by atoms with Gasteiger partial charge in [0.05, 0.1) is 5.56 Å². The highest BCUT2D eigenvalue weighted by Gasteiger charge is 2.21. The summed E-state index contributed by atoms with van der Waals surface area (Å²) in [5.41, 5.74) is 1.88. The fraction of sp³-hybridized carbons (Fsp3) is 0.214. The van der Waals surface area contributed by atoms with Crippen molar-refractivity contribution in [2.24, 2.45) is 0 Å². The lowest BCUT2D eigenvalue weighted by molar-refractivity contribution is 0.0697. The molecule has 2 aromatic rings. The Morgan fingerprint density at radius 1 is 1.33 bits per heavy atom. The predicted molar refractivity (Wildman–Crippen MR) is 81.2 cm³/mol. The summed E-state index contributed by atoms with van der Waals surface area (Å²) in [7, 11) is -3.73. The van der Waals surface area contributed by atoms with E-state index in [2.05, 4.69) is 4.72 Å². The van der Waals surface area contributed by atoms with Crippen molar-refractivity contribution in [1.29, 1.82) is 0 Å². The van der Waals surface area contributed by atoms with E-state index >= 15 is 0 Å². The molecule has 0 saturated carbocycles. The molecule has 0 radical (unpaired) electrons. The van der Waals surface area contributed by atoms with Crippen LogP contribution >= 0.6 is 11.3 Å². The second-order valence-electron chi connectivity index (χ2n) is 4.72. The van der Waals surface area contributed by atoms with Gasteiger partial charge in [-0.3, -0.25) is 0 Å². The van der Waals surface area contributed by atoms with Gasteiger partial charge in [-0.15, -0.1) is 11.3 Å². The van der Waals surface area contributed by atoms with Crippen LogP contribution in [0.1, 0.15) is 34.5 Å². The van der Waals surface area contributed by atoms with Gasteiger partial charge in [0.25, 0.3) is 10.0 Å². The number of sulfonamides is 1. The Kier molecular flexibility index (Phi) is 4.46. The molecule has 1 aromatic heterocycles. The molecule has 0 spiro atoms. The summed E-state index contributed by atoms with van der Waals surface area (Å²) in [5.74, 6) is -1.14. The van der Waals surface area contributed by atoms with Crippen LogP contribution in [0.15, 0.2) is 39.9 Å². The van der Waals surface area contributed by atoms with Crippen LogP contribution in [0.4, 0.5) is 0 Å². The van der Waals surface area contributed by atoms with Crippen LogP contribution in [0.3, 0.4) is 0 Å². The number of nitrogens with one attached hydrogen (secondary N) is 1. The van der Waals surface area contributed by atoms with Crippen LogP contribution in [-0.2, 0) is 10.0 Å². The Labute approximate surface area is 127 Å². The molecule has 0 unspecified atom stereocenters. The van der Waals surface area contributed by atoms with E-state index in [4.69, 9.17) is 5.11 Å². The maximum absolute atomic E-state index is 12.2. The molecule has 21 heavy (non-hydrogen) atoms. The van der Waals surface area contributed by atoms with Crippen LogP contribution in [0.5, 0.6) is 0 Å².